The molecule has 1 aromatic rings. The van der Waals surface area contributed by atoms with Crippen LogP contribution in [0.3, 0.4) is 0 Å². The van der Waals surface area contributed by atoms with Crippen LogP contribution in [0.25, 0.3) is 0 Å². The van der Waals surface area contributed by atoms with E-state index in [9.17, 15) is 10.1 Å². The van der Waals surface area contributed by atoms with Gasteiger partial charge in [0.05, 0.1) is 23.2 Å². The summed E-state index contributed by atoms with van der Waals surface area (Å²) in [6.45, 7) is 3.73. The normalized spacial score (nSPS) is 14.8. The van der Waals surface area contributed by atoms with E-state index in [2.05, 4.69) is 4.98 Å². The Balaban J connectivity index is 2.25. The van der Waals surface area contributed by atoms with Gasteiger partial charge >= 0.3 is 0 Å². The number of rotatable bonds is 5. The third kappa shape index (κ3) is 3.05. The highest BCUT2D eigenvalue weighted by Crippen LogP contribution is 2.34. The van der Waals surface area contributed by atoms with Crippen molar-refractivity contribution in [1.29, 1.82) is 0 Å². The molecule has 6 heteroatoms. The minimum absolute atomic E-state index is 0.0505. The highest BCUT2D eigenvalue weighted by molar-refractivity contribution is 5.43. The Labute approximate surface area is 98.7 Å². The lowest BCUT2D eigenvalue weighted by molar-refractivity contribution is -0.385. The molecule has 0 aliphatic heterocycles. The molecule has 1 aromatic heterocycles. The molecule has 0 aromatic carbocycles. The summed E-state index contributed by atoms with van der Waals surface area (Å²) >= 11 is 0. The van der Waals surface area contributed by atoms with Gasteiger partial charge in [-0.1, -0.05) is 0 Å². The van der Waals surface area contributed by atoms with Crippen LogP contribution in [-0.4, -0.2) is 22.1 Å². The van der Waals surface area contributed by atoms with Gasteiger partial charge in [0.15, 0.2) is 5.75 Å². The molecule has 92 valence electrons. The first kappa shape index (κ1) is 11.6. The van der Waals surface area contributed by atoms with Crippen molar-refractivity contribution < 1.29 is 14.4 Å². The van der Waals surface area contributed by atoms with E-state index in [-0.39, 0.29) is 17.9 Å². The Kier molecular flexibility index (Phi) is 3.12. The number of hydrogen-bond donors (Lipinski definition) is 0. The fraction of sp³-hybridized carbons (Fsp3) is 0.545. The standard InChI is InChI=1S/C11H14N2O4/c1-7(2)16-11-10(17-9-3-4-9)5-8(6-12-11)13(14)15/h5-7,9H,3-4H2,1-2H3. The van der Waals surface area contributed by atoms with Gasteiger partial charge in [0, 0.05) is 0 Å². The Morgan fingerprint density at radius 2 is 2.24 bits per heavy atom. The zero-order chi connectivity index (χ0) is 12.4. The van der Waals surface area contributed by atoms with Crippen molar-refractivity contribution in [2.45, 2.75) is 38.9 Å². The molecule has 1 fully saturated rings. The summed E-state index contributed by atoms with van der Waals surface area (Å²) in [5, 5.41) is 10.7. The van der Waals surface area contributed by atoms with Gasteiger partial charge in [-0.25, -0.2) is 4.98 Å². The van der Waals surface area contributed by atoms with Gasteiger partial charge in [0.2, 0.25) is 0 Å². The molecule has 0 radical (unpaired) electrons. The summed E-state index contributed by atoms with van der Waals surface area (Å²) in [6, 6.07) is 1.36. The first-order valence-corrected chi connectivity index (χ1v) is 5.54. The second-order valence-electron chi connectivity index (χ2n) is 4.24. The molecular formula is C11H14N2O4. The fourth-order valence-electron chi connectivity index (χ4n) is 1.28. The van der Waals surface area contributed by atoms with Crippen molar-refractivity contribution in [1.82, 2.24) is 4.98 Å². The highest BCUT2D eigenvalue weighted by atomic mass is 16.6. The van der Waals surface area contributed by atoms with Crippen LogP contribution in [0.5, 0.6) is 11.6 Å². The van der Waals surface area contributed by atoms with Crippen LogP contribution in [0.1, 0.15) is 26.7 Å². The van der Waals surface area contributed by atoms with Crippen LogP contribution in [0.15, 0.2) is 12.3 Å². The van der Waals surface area contributed by atoms with Crippen LogP contribution >= 0.6 is 0 Å². The minimum atomic E-state index is -0.494. The average molecular weight is 238 g/mol. The van der Waals surface area contributed by atoms with Crippen LogP contribution in [0.2, 0.25) is 0 Å². The van der Waals surface area contributed by atoms with Gasteiger partial charge in [-0.05, 0) is 26.7 Å². The van der Waals surface area contributed by atoms with E-state index in [0.29, 0.717) is 11.6 Å². The predicted molar refractivity (Wildman–Crippen MR) is 60.3 cm³/mol. The highest BCUT2D eigenvalue weighted by Gasteiger charge is 2.26. The van der Waals surface area contributed by atoms with Gasteiger partial charge in [-0.3, -0.25) is 10.1 Å². The van der Waals surface area contributed by atoms with Crippen molar-refractivity contribution in [3.8, 4) is 11.6 Å². The Morgan fingerprint density at radius 3 is 2.76 bits per heavy atom. The Morgan fingerprint density at radius 1 is 1.53 bits per heavy atom. The van der Waals surface area contributed by atoms with Gasteiger partial charge in [-0.2, -0.15) is 0 Å². The summed E-state index contributed by atoms with van der Waals surface area (Å²) in [5.74, 6) is 0.674. The molecule has 0 atom stereocenters. The number of pyridine rings is 1. The monoisotopic (exact) mass is 238 g/mol. The molecule has 17 heavy (non-hydrogen) atoms. The van der Waals surface area contributed by atoms with Gasteiger partial charge in [-0.15, -0.1) is 0 Å². The van der Waals surface area contributed by atoms with Crippen molar-refractivity contribution in [2.24, 2.45) is 0 Å². The van der Waals surface area contributed by atoms with E-state index < -0.39 is 4.92 Å². The SMILES string of the molecule is CC(C)Oc1ncc([N+](=O)[O-])cc1OC1CC1. The fourth-order valence-corrected chi connectivity index (χ4v) is 1.28. The van der Waals surface area contributed by atoms with Gasteiger partial charge < -0.3 is 9.47 Å². The molecular weight excluding hydrogens is 224 g/mol. The van der Waals surface area contributed by atoms with Crippen molar-refractivity contribution in [2.75, 3.05) is 0 Å². The smallest absolute Gasteiger partial charge is 0.291 e. The first-order valence-electron chi connectivity index (χ1n) is 5.54. The maximum Gasteiger partial charge on any atom is 0.291 e. The molecule has 0 amide bonds. The van der Waals surface area contributed by atoms with E-state index in [4.69, 9.17) is 9.47 Å². The lowest BCUT2D eigenvalue weighted by Crippen LogP contribution is -2.09. The summed E-state index contributed by atoms with van der Waals surface area (Å²) < 4.78 is 11.0. The van der Waals surface area contributed by atoms with E-state index in [0.717, 1.165) is 12.8 Å². The van der Waals surface area contributed by atoms with Crippen LogP contribution in [0.4, 0.5) is 5.69 Å². The van der Waals surface area contributed by atoms with Crippen LogP contribution in [0, 0.1) is 10.1 Å². The largest absolute Gasteiger partial charge is 0.485 e. The predicted octanol–water partition coefficient (Wildman–Crippen LogP) is 2.32. The Hall–Kier alpha value is -1.85. The number of nitrogens with zero attached hydrogens (tertiary/aromatic N) is 2. The molecule has 1 aliphatic rings. The van der Waals surface area contributed by atoms with Crippen molar-refractivity contribution in [3.05, 3.63) is 22.4 Å². The molecule has 0 spiro atoms. The lowest BCUT2D eigenvalue weighted by atomic mass is 10.4. The zero-order valence-corrected chi connectivity index (χ0v) is 9.75. The molecule has 0 bridgehead atoms. The summed E-state index contributed by atoms with van der Waals surface area (Å²) in [4.78, 5) is 14.1. The Bertz CT molecular complexity index is 429. The third-order valence-electron chi connectivity index (χ3n) is 2.18. The topological polar surface area (TPSA) is 74.5 Å². The lowest BCUT2D eigenvalue weighted by Gasteiger charge is -2.13. The second kappa shape index (κ2) is 4.57. The second-order valence-corrected chi connectivity index (χ2v) is 4.24. The maximum absolute atomic E-state index is 10.7. The molecule has 1 saturated carbocycles. The van der Waals surface area contributed by atoms with E-state index >= 15 is 0 Å². The molecule has 0 N–H and O–H groups in total. The quantitative estimate of drug-likeness (QED) is 0.581. The summed E-state index contributed by atoms with van der Waals surface area (Å²) in [6.07, 6.45) is 3.23. The number of aromatic nitrogens is 1. The van der Waals surface area contributed by atoms with Crippen LogP contribution < -0.4 is 9.47 Å². The average Bonchev–Trinajstić information content (AvgIpc) is 3.03. The number of ether oxygens (including phenoxy) is 2. The van der Waals surface area contributed by atoms with Crippen molar-refractivity contribution >= 4 is 5.69 Å². The molecule has 2 rings (SSSR count). The number of nitro groups is 1. The minimum Gasteiger partial charge on any atom is -0.485 e. The van der Waals surface area contributed by atoms with E-state index in [1.807, 2.05) is 13.8 Å². The van der Waals surface area contributed by atoms with E-state index in [1.54, 1.807) is 0 Å². The van der Waals surface area contributed by atoms with Gasteiger partial charge in [0.25, 0.3) is 11.6 Å². The van der Waals surface area contributed by atoms with Crippen LogP contribution in [-0.2, 0) is 0 Å². The van der Waals surface area contributed by atoms with Gasteiger partial charge in [0.1, 0.15) is 6.20 Å². The first-order chi connectivity index (χ1) is 8.06. The third-order valence-corrected chi connectivity index (χ3v) is 2.18. The molecule has 0 saturated heterocycles. The van der Waals surface area contributed by atoms with E-state index in [1.165, 1.54) is 12.3 Å². The summed E-state index contributed by atoms with van der Waals surface area (Å²) in [7, 11) is 0. The summed E-state index contributed by atoms with van der Waals surface area (Å²) in [5.41, 5.74) is -0.0863. The molecule has 6 nitrogen and oxygen atoms in total. The number of hydrogen-bond acceptors (Lipinski definition) is 5. The zero-order valence-electron chi connectivity index (χ0n) is 9.75. The molecule has 1 aliphatic carbocycles. The van der Waals surface area contributed by atoms with Crippen molar-refractivity contribution in [3.63, 3.8) is 0 Å². The maximum atomic E-state index is 10.7. The molecule has 1 heterocycles. The molecule has 0 unspecified atom stereocenters.